The molecule has 4 aliphatic carbocycles. The summed E-state index contributed by atoms with van der Waals surface area (Å²) in [4.78, 5) is 25.6. The lowest BCUT2D eigenvalue weighted by Gasteiger charge is -2.62. The van der Waals surface area contributed by atoms with Gasteiger partial charge in [-0.1, -0.05) is 19.1 Å². The maximum Gasteiger partial charge on any atom is 0.178 e. The predicted octanol–water partition coefficient (Wildman–Crippen LogP) is 3.62. The molecule has 0 aromatic carbocycles. The van der Waals surface area contributed by atoms with Crippen molar-refractivity contribution < 1.29 is 28.7 Å². The monoisotopic (exact) mass is 531 g/mol. The first-order valence-corrected chi connectivity index (χ1v) is 14.6. The van der Waals surface area contributed by atoms with Crippen LogP contribution in [0.1, 0.15) is 33.1 Å². The molecule has 3 fully saturated rings. The Bertz CT molecular complexity index is 1110. The Labute approximate surface area is 222 Å². The van der Waals surface area contributed by atoms with Crippen LogP contribution in [-0.2, 0) is 9.59 Å². The zero-order valence-electron chi connectivity index (χ0n) is 21.7. The highest BCUT2D eigenvalue weighted by molar-refractivity contribution is 7.99. The van der Waals surface area contributed by atoms with Crippen LogP contribution >= 0.6 is 11.8 Å². The van der Waals surface area contributed by atoms with Crippen molar-refractivity contribution in [2.75, 3.05) is 25.1 Å². The molecule has 1 aliphatic heterocycles. The number of ketones is 2. The molecule has 5 aliphatic rings. The highest BCUT2D eigenvalue weighted by Gasteiger charge is 2.73. The van der Waals surface area contributed by atoms with Gasteiger partial charge in [0.15, 0.2) is 18.7 Å². The molecule has 0 spiro atoms. The molecule has 5 rings (SSSR count). The third kappa shape index (κ3) is 4.07. The van der Waals surface area contributed by atoms with E-state index in [0.29, 0.717) is 18.7 Å². The van der Waals surface area contributed by atoms with Gasteiger partial charge in [0.05, 0.1) is 11.9 Å². The van der Waals surface area contributed by atoms with E-state index in [-0.39, 0.29) is 48.4 Å². The lowest BCUT2D eigenvalue weighted by atomic mass is 9.45. The fraction of sp³-hybridized carbons (Fsp3) is 0.643. The minimum atomic E-state index is -2.16. The molecule has 0 aromatic rings. The minimum absolute atomic E-state index is 0.0389. The second-order valence-corrected chi connectivity index (χ2v) is 13.0. The van der Waals surface area contributed by atoms with Crippen LogP contribution < -0.4 is 0 Å². The Morgan fingerprint density at radius 2 is 2.03 bits per heavy atom. The average Bonchev–Trinajstić information content (AvgIpc) is 3.43. The van der Waals surface area contributed by atoms with E-state index in [2.05, 4.69) is 0 Å². The van der Waals surface area contributed by atoms with Gasteiger partial charge in [0.2, 0.25) is 0 Å². The Hall–Kier alpha value is -1.55. The SMILES string of the molecule is CSCC(=O)[C@H]1[C@H](CN(O)CC2=CBC=C2)CC2[C@@H]3C[C@H](F)C4=CC(=O)C=CC4(C)[C@@]3(F)[C@@H](O)C[C@@]21C. The van der Waals surface area contributed by atoms with Gasteiger partial charge >= 0.3 is 0 Å². The number of carbonyl (C=O) groups is 2. The molecule has 0 saturated heterocycles. The summed E-state index contributed by atoms with van der Waals surface area (Å²) in [7, 11) is 0.833. The van der Waals surface area contributed by atoms with E-state index in [9.17, 15) is 19.9 Å². The molecular formula is C28H36BF2NO4S. The molecule has 9 heteroatoms. The largest absolute Gasteiger partial charge is 0.390 e. The van der Waals surface area contributed by atoms with E-state index in [0.717, 1.165) is 12.9 Å². The molecule has 0 bridgehead atoms. The van der Waals surface area contributed by atoms with E-state index in [1.165, 1.54) is 35.1 Å². The number of carbonyl (C=O) groups excluding carboxylic acids is 2. The number of aliphatic hydroxyl groups excluding tert-OH is 1. The van der Waals surface area contributed by atoms with Crippen molar-refractivity contribution in [1.82, 2.24) is 5.06 Å². The van der Waals surface area contributed by atoms with Gasteiger partial charge in [-0.15, -0.1) is 12.0 Å². The quantitative estimate of drug-likeness (QED) is 0.386. The van der Waals surface area contributed by atoms with E-state index in [4.69, 9.17) is 0 Å². The Balaban J connectivity index is 1.51. The van der Waals surface area contributed by atoms with E-state index in [1.54, 1.807) is 6.92 Å². The standard InChI is InChI=1S/C28H36BF2NO4S/c1-26-11-24(35)28(31)20(10-22(30)21-9-18(33)4-6-27(21,28)2)19(26)8-17(25(26)23(34)15-37-3)14-32(36)13-16-5-7-29-12-16/h4-7,9,12,17,19-20,22,24-25,29,35-36H,8,10-11,13-15H2,1-3H3/t17-,19?,20-,22-,24-,25+,26-,27?,28-/m0/s1. The molecule has 3 saturated carbocycles. The minimum Gasteiger partial charge on any atom is -0.390 e. The summed E-state index contributed by atoms with van der Waals surface area (Å²) in [6, 6.07) is 0. The molecule has 2 N–H and O–H groups in total. The fourth-order valence-corrected chi connectivity index (χ4v) is 9.06. The summed E-state index contributed by atoms with van der Waals surface area (Å²) in [5.41, 5.74) is -3.22. The second kappa shape index (κ2) is 9.58. The first-order chi connectivity index (χ1) is 17.5. The molecule has 1 heterocycles. The fourth-order valence-electron chi connectivity index (χ4n) is 8.60. The van der Waals surface area contributed by atoms with Crippen LogP contribution in [0.3, 0.4) is 0 Å². The van der Waals surface area contributed by atoms with Gasteiger partial charge in [-0.25, -0.2) is 8.78 Å². The van der Waals surface area contributed by atoms with Crippen LogP contribution in [0.15, 0.2) is 47.4 Å². The van der Waals surface area contributed by atoms with Crippen LogP contribution in [0.5, 0.6) is 0 Å². The first-order valence-electron chi connectivity index (χ1n) is 13.2. The lowest BCUT2D eigenvalue weighted by molar-refractivity contribution is -0.201. The number of hydrogen-bond donors (Lipinski definition) is 2. The number of allylic oxidation sites excluding steroid dienone is 4. The van der Waals surface area contributed by atoms with Crippen molar-refractivity contribution in [2.24, 2.45) is 34.5 Å². The number of thioether (sulfide) groups is 1. The van der Waals surface area contributed by atoms with Gasteiger partial charge in [0.1, 0.15) is 12.0 Å². The van der Waals surface area contributed by atoms with E-state index < -0.39 is 40.6 Å². The number of aliphatic hydroxyl groups is 1. The zero-order valence-corrected chi connectivity index (χ0v) is 22.5. The number of nitrogens with zero attached hydrogens (tertiary/aromatic N) is 1. The van der Waals surface area contributed by atoms with Crippen molar-refractivity contribution in [3.63, 3.8) is 0 Å². The van der Waals surface area contributed by atoms with Crippen molar-refractivity contribution in [3.05, 3.63) is 47.4 Å². The summed E-state index contributed by atoms with van der Waals surface area (Å²) in [5.74, 6) is 2.15. The highest BCUT2D eigenvalue weighted by atomic mass is 32.2. The van der Waals surface area contributed by atoms with Crippen LogP contribution in [0.25, 0.3) is 0 Å². The number of hydroxylamine groups is 2. The predicted molar refractivity (Wildman–Crippen MR) is 142 cm³/mol. The molecule has 200 valence electrons. The average molecular weight is 531 g/mol. The molecule has 0 radical (unpaired) electrons. The zero-order chi connectivity index (χ0) is 26.8. The van der Waals surface area contributed by atoms with Crippen LogP contribution in [-0.4, -0.2) is 77.3 Å². The number of halogens is 2. The van der Waals surface area contributed by atoms with Gasteiger partial charge in [0, 0.05) is 30.3 Å². The van der Waals surface area contributed by atoms with Crippen molar-refractivity contribution in [1.29, 1.82) is 0 Å². The highest BCUT2D eigenvalue weighted by Crippen LogP contribution is 2.70. The van der Waals surface area contributed by atoms with Gasteiger partial charge in [0.25, 0.3) is 0 Å². The lowest BCUT2D eigenvalue weighted by Crippen LogP contribution is -2.68. The van der Waals surface area contributed by atoms with Crippen molar-refractivity contribution in [3.8, 4) is 0 Å². The molecule has 9 atom stereocenters. The Morgan fingerprint density at radius 1 is 1.27 bits per heavy atom. The maximum absolute atomic E-state index is 17.4. The third-order valence-corrected chi connectivity index (χ3v) is 10.7. The number of hydrogen-bond acceptors (Lipinski definition) is 6. The molecule has 0 aromatic heterocycles. The number of alkyl halides is 2. The van der Waals surface area contributed by atoms with Crippen LogP contribution in [0, 0.1) is 34.5 Å². The van der Waals surface area contributed by atoms with Gasteiger partial charge in [-0.2, -0.15) is 16.8 Å². The summed E-state index contributed by atoms with van der Waals surface area (Å²) < 4.78 is 33.1. The first kappa shape index (κ1) is 27.0. The normalized spacial score (nSPS) is 44.2. The van der Waals surface area contributed by atoms with E-state index >= 15 is 8.78 Å². The third-order valence-electron chi connectivity index (χ3n) is 10.1. The molecule has 0 amide bonds. The van der Waals surface area contributed by atoms with Crippen LogP contribution in [0.2, 0.25) is 0 Å². The molecule has 5 nitrogen and oxygen atoms in total. The summed E-state index contributed by atoms with van der Waals surface area (Å²) in [6.07, 6.45) is 5.25. The summed E-state index contributed by atoms with van der Waals surface area (Å²) in [5, 5.41) is 23.5. The second-order valence-electron chi connectivity index (χ2n) is 12.1. The van der Waals surface area contributed by atoms with Gasteiger partial charge < -0.3 is 10.3 Å². The summed E-state index contributed by atoms with van der Waals surface area (Å²) >= 11 is 1.43. The maximum atomic E-state index is 17.4. The topological polar surface area (TPSA) is 77.8 Å². The molecule has 37 heavy (non-hydrogen) atoms. The number of rotatable bonds is 7. The molecular weight excluding hydrogens is 495 g/mol. The molecule has 2 unspecified atom stereocenters. The Kier molecular flexibility index (Phi) is 7.00. The van der Waals surface area contributed by atoms with Crippen molar-refractivity contribution >= 4 is 30.6 Å². The number of Topliss-reactive ketones (excluding diaryl/α,β-unsaturated/α-hetero) is 1. The van der Waals surface area contributed by atoms with Gasteiger partial charge in [-0.3, -0.25) is 9.59 Å². The van der Waals surface area contributed by atoms with Crippen LogP contribution in [0.4, 0.5) is 8.78 Å². The van der Waals surface area contributed by atoms with Crippen molar-refractivity contribution in [2.45, 2.75) is 51.1 Å². The number of fused-ring (bicyclic) bond motifs is 5. The van der Waals surface area contributed by atoms with Gasteiger partial charge in [-0.05, 0) is 73.0 Å². The smallest absolute Gasteiger partial charge is 0.178 e. The Morgan fingerprint density at radius 3 is 2.70 bits per heavy atom. The van der Waals surface area contributed by atoms with E-state index in [1.807, 2.05) is 31.2 Å². The summed E-state index contributed by atoms with van der Waals surface area (Å²) in [6.45, 7) is 4.14.